The van der Waals surface area contributed by atoms with Gasteiger partial charge in [-0.25, -0.2) is 4.79 Å². The molecule has 4 N–H and O–H groups in total. The van der Waals surface area contributed by atoms with Crippen LogP contribution in [0.4, 0.5) is 11.4 Å². The van der Waals surface area contributed by atoms with E-state index in [9.17, 15) is 14.7 Å². The van der Waals surface area contributed by atoms with Crippen molar-refractivity contribution in [1.82, 2.24) is 10.3 Å². The first-order valence-electron chi connectivity index (χ1n) is 10.3. The summed E-state index contributed by atoms with van der Waals surface area (Å²) < 4.78 is 0. The lowest BCUT2D eigenvalue weighted by Gasteiger charge is -2.17. The average Bonchev–Trinajstić information content (AvgIpc) is 3.20. The Hall–Kier alpha value is -3.48. The fraction of sp³-hybridized carbons (Fsp3) is 0.120. The summed E-state index contributed by atoms with van der Waals surface area (Å²) in [4.78, 5) is 27.8. The van der Waals surface area contributed by atoms with Crippen LogP contribution < -0.4 is 10.6 Å². The minimum Gasteiger partial charge on any atom is -0.480 e. The van der Waals surface area contributed by atoms with Gasteiger partial charge in [-0.15, -0.1) is 0 Å². The van der Waals surface area contributed by atoms with Gasteiger partial charge in [-0.2, -0.15) is 0 Å². The van der Waals surface area contributed by atoms with E-state index >= 15 is 0 Å². The Morgan fingerprint density at radius 2 is 1.61 bits per heavy atom. The molecule has 8 heteroatoms. The number of hydrogen-bond donors (Lipinski definition) is 4. The molecule has 168 valence electrons. The fourth-order valence-electron chi connectivity index (χ4n) is 3.69. The maximum atomic E-state index is 12.8. The van der Waals surface area contributed by atoms with Crippen LogP contribution in [0.3, 0.4) is 0 Å². The molecule has 0 radical (unpaired) electrons. The van der Waals surface area contributed by atoms with Gasteiger partial charge in [0.15, 0.2) is 0 Å². The number of benzene rings is 3. The van der Waals surface area contributed by atoms with E-state index in [4.69, 9.17) is 23.2 Å². The molecule has 1 atom stereocenters. The Kier molecular flexibility index (Phi) is 6.87. The number of fused-ring (bicyclic) bond motifs is 1. The van der Waals surface area contributed by atoms with Crippen molar-refractivity contribution in [2.24, 2.45) is 0 Å². The van der Waals surface area contributed by atoms with E-state index in [1.54, 1.807) is 30.5 Å². The van der Waals surface area contributed by atoms with Crippen molar-refractivity contribution in [2.75, 3.05) is 5.32 Å². The van der Waals surface area contributed by atoms with Crippen LogP contribution in [0.2, 0.25) is 10.0 Å². The topological polar surface area (TPSA) is 94.2 Å². The van der Waals surface area contributed by atoms with Crippen LogP contribution in [0.1, 0.15) is 11.1 Å². The van der Waals surface area contributed by atoms with E-state index in [0.717, 1.165) is 16.5 Å². The summed E-state index contributed by atoms with van der Waals surface area (Å²) in [5.74, 6) is -1.50. The van der Waals surface area contributed by atoms with Gasteiger partial charge in [-0.1, -0.05) is 65.7 Å². The molecule has 1 amide bonds. The molecule has 0 aliphatic heterocycles. The number of carboxylic acids is 1. The number of rotatable bonds is 8. The van der Waals surface area contributed by atoms with E-state index in [1.807, 2.05) is 42.5 Å². The van der Waals surface area contributed by atoms with Gasteiger partial charge >= 0.3 is 5.97 Å². The summed E-state index contributed by atoms with van der Waals surface area (Å²) in [5, 5.41) is 17.4. The molecule has 3 aromatic carbocycles. The highest BCUT2D eigenvalue weighted by atomic mass is 35.5. The summed E-state index contributed by atoms with van der Waals surface area (Å²) in [6.45, 7) is 0. The lowest BCUT2D eigenvalue weighted by molar-refractivity contribution is -0.141. The molecule has 0 fully saturated rings. The first-order valence-corrected chi connectivity index (χ1v) is 11.0. The number of nitrogens with one attached hydrogen (secondary N) is 3. The van der Waals surface area contributed by atoms with Crippen LogP contribution in [0.25, 0.3) is 10.9 Å². The number of carbonyl (C=O) groups excluding carboxylic acids is 1. The highest BCUT2D eigenvalue weighted by Crippen LogP contribution is 2.33. The molecule has 0 unspecified atom stereocenters. The summed E-state index contributed by atoms with van der Waals surface area (Å²) in [7, 11) is 0. The van der Waals surface area contributed by atoms with Crippen LogP contribution in [-0.2, 0) is 22.4 Å². The Morgan fingerprint density at radius 3 is 2.36 bits per heavy atom. The molecule has 0 aliphatic rings. The summed E-state index contributed by atoms with van der Waals surface area (Å²) in [6, 6.07) is 19.0. The molecule has 6 nitrogen and oxygen atoms in total. The number of H-pyrrole nitrogens is 1. The number of carbonyl (C=O) groups is 2. The Bertz CT molecular complexity index is 1300. The normalized spacial score (nSPS) is 11.8. The third-order valence-electron chi connectivity index (χ3n) is 5.32. The number of anilines is 2. The number of para-hydroxylation sites is 3. The second-order valence-corrected chi connectivity index (χ2v) is 8.39. The smallest absolute Gasteiger partial charge is 0.326 e. The maximum Gasteiger partial charge on any atom is 0.326 e. The molecule has 1 heterocycles. The number of halogens is 2. The van der Waals surface area contributed by atoms with Gasteiger partial charge in [0.05, 0.1) is 22.2 Å². The summed E-state index contributed by atoms with van der Waals surface area (Å²) >= 11 is 12.5. The predicted molar refractivity (Wildman–Crippen MR) is 131 cm³/mol. The first kappa shape index (κ1) is 22.7. The summed E-state index contributed by atoms with van der Waals surface area (Å²) in [6.07, 6.45) is 1.93. The van der Waals surface area contributed by atoms with E-state index in [-0.39, 0.29) is 12.8 Å². The maximum absolute atomic E-state index is 12.8. The van der Waals surface area contributed by atoms with E-state index in [1.165, 1.54) is 0 Å². The quantitative estimate of drug-likeness (QED) is 0.264. The number of carboxylic acid groups (broad SMARTS) is 1. The SMILES string of the molecule is O=C(Cc1ccccc1Nc1c(Cl)cccc1Cl)N[C@@H](Cc1c[nH]c2ccccc12)C(=O)O. The Labute approximate surface area is 200 Å². The summed E-state index contributed by atoms with van der Waals surface area (Å²) in [5.41, 5.74) is 3.62. The van der Waals surface area contributed by atoms with Crippen molar-refractivity contribution in [3.63, 3.8) is 0 Å². The standard InChI is InChI=1S/C25H21Cl2N3O3/c26-18-8-5-9-19(27)24(18)30-20-10-3-1-6-15(20)13-23(31)29-22(25(32)33)12-16-14-28-21-11-4-2-7-17(16)21/h1-11,14,22,28,30H,12-13H2,(H,29,31)(H,32,33)/t22-/m0/s1. The largest absolute Gasteiger partial charge is 0.480 e. The van der Waals surface area contributed by atoms with Gasteiger partial charge in [0.1, 0.15) is 6.04 Å². The van der Waals surface area contributed by atoms with Crippen LogP contribution >= 0.6 is 23.2 Å². The molecular weight excluding hydrogens is 461 g/mol. The molecule has 0 bridgehead atoms. The molecular formula is C25H21Cl2N3O3. The second kappa shape index (κ2) is 9.98. The van der Waals surface area contributed by atoms with E-state index in [2.05, 4.69) is 15.6 Å². The van der Waals surface area contributed by atoms with Gasteiger partial charge in [0.2, 0.25) is 5.91 Å². The van der Waals surface area contributed by atoms with Crippen LogP contribution in [0.5, 0.6) is 0 Å². The lowest BCUT2D eigenvalue weighted by Crippen LogP contribution is -2.43. The van der Waals surface area contributed by atoms with Gasteiger partial charge < -0.3 is 20.7 Å². The highest BCUT2D eigenvalue weighted by molar-refractivity contribution is 6.39. The third kappa shape index (κ3) is 5.30. The Morgan fingerprint density at radius 1 is 0.909 bits per heavy atom. The lowest BCUT2D eigenvalue weighted by atomic mass is 10.0. The van der Waals surface area contributed by atoms with Crippen molar-refractivity contribution >= 4 is 57.4 Å². The van der Waals surface area contributed by atoms with Crippen molar-refractivity contribution in [3.05, 3.63) is 94.1 Å². The zero-order valence-electron chi connectivity index (χ0n) is 17.4. The molecule has 1 aromatic heterocycles. The number of aromatic nitrogens is 1. The van der Waals surface area contributed by atoms with Gasteiger partial charge in [-0.05, 0) is 35.4 Å². The van der Waals surface area contributed by atoms with Gasteiger partial charge in [0, 0.05) is 29.2 Å². The number of hydrogen-bond acceptors (Lipinski definition) is 3. The molecule has 0 saturated carbocycles. The van der Waals surface area contributed by atoms with Gasteiger partial charge in [0.25, 0.3) is 0 Å². The van der Waals surface area contributed by atoms with Crippen molar-refractivity contribution in [2.45, 2.75) is 18.9 Å². The first-order chi connectivity index (χ1) is 15.9. The molecule has 33 heavy (non-hydrogen) atoms. The van der Waals surface area contributed by atoms with E-state index in [0.29, 0.717) is 27.0 Å². The van der Waals surface area contributed by atoms with Crippen molar-refractivity contribution < 1.29 is 14.7 Å². The molecule has 0 aliphatic carbocycles. The van der Waals surface area contributed by atoms with Crippen LogP contribution in [0.15, 0.2) is 72.9 Å². The predicted octanol–water partition coefficient (Wildman–Crippen LogP) is 5.57. The monoisotopic (exact) mass is 481 g/mol. The molecule has 0 spiro atoms. The molecule has 0 saturated heterocycles. The fourth-order valence-corrected chi connectivity index (χ4v) is 4.18. The Balaban J connectivity index is 1.49. The minimum absolute atomic E-state index is 0.0110. The van der Waals surface area contributed by atoms with E-state index < -0.39 is 17.9 Å². The molecule has 4 aromatic rings. The number of aromatic amines is 1. The minimum atomic E-state index is -1.09. The zero-order chi connectivity index (χ0) is 23.4. The third-order valence-corrected chi connectivity index (χ3v) is 5.95. The average molecular weight is 482 g/mol. The molecule has 4 rings (SSSR count). The highest BCUT2D eigenvalue weighted by Gasteiger charge is 2.22. The second-order valence-electron chi connectivity index (χ2n) is 7.58. The number of amides is 1. The zero-order valence-corrected chi connectivity index (χ0v) is 19.0. The van der Waals surface area contributed by atoms with Gasteiger partial charge in [-0.3, -0.25) is 4.79 Å². The van der Waals surface area contributed by atoms with Crippen LogP contribution in [-0.4, -0.2) is 28.0 Å². The number of aliphatic carboxylic acids is 1. The van der Waals surface area contributed by atoms with Crippen molar-refractivity contribution in [3.8, 4) is 0 Å². The van der Waals surface area contributed by atoms with Crippen LogP contribution in [0, 0.1) is 0 Å². The van der Waals surface area contributed by atoms with Crippen molar-refractivity contribution in [1.29, 1.82) is 0 Å².